The van der Waals surface area contributed by atoms with Gasteiger partial charge in [-0.25, -0.2) is 4.98 Å². The monoisotopic (exact) mass is 503 g/mol. The summed E-state index contributed by atoms with van der Waals surface area (Å²) in [5.74, 6) is 2.98. The highest BCUT2D eigenvalue weighted by molar-refractivity contribution is 5.84. The molecule has 5 aromatic carbocycles. The Hall–Kier alpha value is -4.89. The minimum Gasteiger partial charge on any atom is -0.449 e. The van der Waals surface area contributed by atoms with E-state index in [-0.39, 0.29) is 5.41 Å². The standard InChI is InChI=1S/C36H25NO2/c1-36(2)28-9-5-4-8-26(28)27-20-34-35(21-29(27)36)39-33-19-25(16-18-32(33)38-34)22-11-13-24(14-12-22)31-17-15-23-7-3-6-10-30(23)37-31/h3-21H,1-2H3. The third kappa shape index (κ3) is 3.40. The molecule has 2 aliphatic rings. The lowest BCUT2D eigenvalue weighted by Crippen LogP contribution is -2.15. The normalized spacial score (nSPS) is 14.0. The molecule has 0 atom stereocenters. The highest BCUT2D eigenvalue weighted by Gasteiger charge is 2.37. The number of aromatic nitrogens is 1. The molecule has 0 saturated heterocycles. The maximum Gasteiger partial charge on any atom is 0.170 e. The summed E-state index contributed by atoms with van der Waals surface area (Å²) in [6, 6.07) is 40.0. The zero-order valence-corrected chi connectivity index (χ0v) is 21.7. The first-order valence-electron chi connectivity index (χ1n) is 13.3. The van der Waals surface area contributed by atoms with E-state index in [9.17, 15) is 0 Å². The van der Waals surface area contributed by atoms with Gasteiger partial charge in [0.05, 0.1) is 11.2 Å². The predicted octanol–water partition coefficient (Wildman–Crippen LogP) is 9.77. The van der Waals surface area contributed by atoms with Crippen LogP contribution in [0.25, 0.3) is 44.4 Å². The number of pyridine rings is 1. The molecular weight excluding hydrogens is 478 g/mol. The summed E-state index contributed by atoms with van der Waals surface area (Å²) in [6.45, 7) is 4.55. The van der Waals surface area contributed by atoms with Crippen molar-refractivity contribution in [1.29, 1.82) is 0 Å². The van der Waals surface area contributed by atoms with Gasteiger partial charge < -0.3 is 9.47 Å². The Morgan fingerprint density at radius 1 is 0.513 bits per heavy atom. The number of fused-ring (bicyclic) bond motifs is 6. The second-order valence-electron chi connectivity index (χ2n) is 10.8. The highest BCUT2D eigenvalue weighted by atomic mass is 16.6. The van der Waals surface area contributed by atoms with Gasteiger partial charge in [0.25, 0.3) is 0 Å². The maximum atomic E-state index is 6.46. The van der Waals surface area contributed by atoms with E-state index in [2.05, 4.69) is 111 Å². The van der Waals surface area contributed by atoms with Crippen LogP contribution in [0, 0.1) is 0 Å². The van der Waals surface area contributed by atoms with Gasteiger partial charge >= 0.3 is 0 Å². The van der Waals surface area contributed by atoms with Gasteiger partial charge in [-0.05, 0) is 69.8 Å². The number of ether oxygens (including phenoxy) is 2. The Labute approximate surface area is 227 Å². The topological polar surface area (TPSA) is 31.4 Å². The number of benzene rings is 5. The summed E-state index contributed by atoms with van der Waals surface area (Å²) in [7, 11) is 0. The summed E-state index contributed by atoms with van der Waals surface area (Å²) in [6.07, 6.45) is 0. The first-order chi connectivity index (χ1) is 19.0. The number of hydrogen-bond donors (Lipinski definition) is 0. The largest absolute Gasteiger partial charge is 0.449 e. The molecule has 186 valence electrons. The van der Waals surface area contributed by atoms with E-state index in [1.54, 1.807) is 0 Å². The Bertz CT molecular complexity index is 1940. The molecule has 1 aromatic heterocycles. The van der Waals surface area contributed by atoms with Gasteiger partial charge in [0.15, 0.2) is 23.0 Å². The molecule has 1 aliphatic carbocycles. The molecule has 0 N–H and O–H groups in total. The van der Waals surface area contributed by atoms with Crippen molar-refractivity contribution in [2.75, 3.05) is 0 Å². The van der Waals surface area contributed by atoms with Crippen LogP contribution in [-0.4, -0.2) is 4.98 Å². The summed E-state index contributed by atoms with van der Waals surface area (Å²) in [5.41, 5.74) is 10.3. The Morgan fingerprint density at radius 3 is 2.10 bits per heavy atom. The molecule has 1 aliphatic heterocycles. The van der Waals surface area contributed by atoms with E-state index < -0.39 is 0 Å². The lowest BCUT2D eigenvalue weighted by Gasteiger charge is -2.25. The zero-order valence-electron chi connectivity index (χ0n) is 21.7. The summed E-state index contributed by atoms with van der Waals surface area (Å²) in [4.78, 5) is 4.84. The zero-order chi connectivity index (χ0) is 26.1. The van der Waals surface area contributed by atoms with Gasteiger partial charge in [-0.2, -0.15) is 0 Å². The van der Waals surface area contributed by atoms with E-state index in [1.807, 2.05) is 18.2 Å². The van der Waals surface area contributed by atoms with Crippen LogP contribution in [0.5, 0.6) is 23.0 Å². The highest BCUT2D eigenvalue weighted by Crippen LogP contribution is 2.55. The number of nitrogens with zero attached hydrogens (tertiary/aromatic N) is 1. The first-order valence-corrected chi connectivity index (χ1v) is 13.3. The molecule has 0 radical (unpaired) electrons. The molecule has 0 fully saturated rings. The summed E-state index contributed by atoms with van der Waals surface area (Å²) in [5, 5.41) is 1.15. The first kappa shape index (κ1) is 22.1. The quantitative estimate of drug-likeness (QED) is 0.235. The van der Waals surface area contributed by atoms with Gasteiger partial charge in [-0.3, -0.25) is 0 Å². The van der Waals surface area contributed by atoms with Crippen LogP contribution in [0.4, 0.5) is 0 Å². The average Bonchev–Trinajstić information content (AvgIpc) is 3.20. The third-order valence-electron chi connectivity index (χ3n) is 8.14. The molecule has 39 heavy (non-hydrogen) atoms. The summed E-state index contributed by atoms with van der Waals surface area (Å²) >= 11 is 0. The van der Waals surface area contributed by atoms with Crippen LogP contribution in [-0.2, 0) is 5.41 Å². The van der Waals surface area contributed by atoms with Crippen molar-refractivity contribution < 1.29 is 9.47 Å². The number of rotatable bonds is 2. The van der Waals surface area contributed by atoms with Crippen molar-refractivity contribution in [3.63, 3.8) is 0 Å². The predicted molar refractivity (Wildman–Crippen MR) is 157 cm³/mol. The molecule has 3 nitrogen and oxygen atoms in total. The van der Waals surface area contributed by atoms with Crippen molar-refractivity contribution in [2.45, 2.75) is 19.3 Å². The molecule has 0 spiro atoms. The maximum absolute atomic E-state index is 6.46. The number of para-hydroxylation sites is 1. The average molecular weight is 504 g/mol. The van der Waals surface area contributed by atoms with Crippen molar-refractivity contribution in [3.05, 3.63) is 126 Å². The van der Waals surface area contributed by atoms with Crippen LogP contribution >= 0.6 is 0 Å². The minimum absolute atomic E-state index is 0.0892. The molecule has 0 unspecified atom stereocenters. The molecule has 8 rings (SSSR count). The fourth-order valence-corrected chi connectivity index (χ4v) is 6.02. The minimum atomic E-state index is -0.0892. The van der Waals surface area contributed by atoms with Gasteiger partial charge in [-0.1, -0.05) is 92.7 Å². The smallest absolute Gasteiger partial charge is 0.170 e. The molecule has 2 heterocycles. The van der Waals surface area contributed by atoms with E-state index in [0.717, 1.165) is 56.3 Å². The van der Waals surface area contributed by atoms with E-state index in [0.29, 0.717) is 0 Å². The van der Waals surface area contributed by atoms with Gasteiger partial charge in [0.2, 0.25) is 0 Å². The van der Waals surface area contributed by atoms with Gasteiger partial charge in [0.1, 0.15) is 0 Å². The number of hydrogen-bond acceptors (Lipinski definition) is 3. The fourth-order valence-electron chi connectivity index (χ4n) is 6.02. The second-order valence-corrected chi connectivity index (χ2v) is 10.8. The molecule has 0 saturated carbocycles. The van der Waals surface area contributed by atoms with Crippen LogP contribution in [0.2, 0.25) is 0 Å². The molecule has 0 bridgehead atoms. The van der Waals surface area contributed by atoms with E-state index in [4.69, 9.17) is 14.5 Å². The fraction of sp³-hybridized carbons (Fsp3) is 0.0833. The third-order valence-corrected chi connectivity index (χ3v) is 8.14. The lowest BCUT2D eigenvalue weighted by atomic mass is 9.82. The molecule has 3 heteroatoms. The Morgan fingerprint density at radius 2 is 1.21 bits per heavy atom. The van der Waals surface area contributed by atoms with E-state index >= 15 is 0 Å². The van der Waals surface area contributed by atoms with E-state index in [1.165, 1.54) is 22.3 Å². The lowest BCUT2D eigenvalue weighted by molar-refractivity contribution is 0.359. The van der Waals surface area contributed by atoms with Gasteiger partial charge in [0, 0.05) is 16.4 Å². The Balaban J connectivity index is 1.11. The van der Waals surface area contributed by atoms with Crippen molar-refractivity contribution >= 4 is 10.9 Å². The van der Waals surface area contributed by atoms with Crippen LogP contribution < -0.4 is 9.47 Å². The molecule has 0 amide bonds. The van der Waals surface area contributed by atoms with Crippen molar-refractivity contribution in [2.24, 2.45) is 0 Å². The van der Waals surface area contributed by atoms with Crippen LogP contribution in [0.15, 0.2) is 115 Å². The van der Waals surface area contributed by atoms with Crippen molar-refractivity contribution in [1.82, 2.24) is 4.98 Å². The molecular formula is C36H25NO2. The van der Waals surface area contributed by atoms with Crippen LogP contribution in [0.3, 0.4) is 0 Å². The van der Waals surface area contributed by atoms with Crippen LogP contribution in [0.1, 0.15) is 25.0 Å². The summed E-state index contributed by atoms with van der Waals surface area (Å²) < 4.78 is 12.8. The Kier molecular flexibility index (Phi) is 4.57. The SMILES string of the molecule is CC1(C)c2ccccc2-c2cc3c(cc21)Oc1cc(-c2ccc(-c4ccc5ccccc5n4)cc2)ccc1O3. The second kappa shape index (κ2) is 8.05. The van der Waals surface area contributed by atoms with Gasteiger partial charge in [-0.15, -0.1) is 0 Å². The van der Waals surface area contributed by atoms with Crippen molar-refractivity contribution in [3.8, 4) is 56.5 Å². The molecule has 6 aromatic rings.